The number of ketones is 1. The normalized spacial score (nSPS) is 10.8. The summed E-state index contributed by atoms with van der Waals surface area (Å²) in [5, 5.41) is 2.15. The Morgan fingerprint density at radius 2 is 1.62 bits per heavy atom. The molecule has 21 heavy (non-hydrogen) atoms. The van der Waals surface area contributed by atoms with Gasteiger partial charge in [-0.1, -0.05) is 60.7 Å². The summed E-state index contributed by atoms with van der Waals surface area (Å²) < 4.78 is 0. The summed E-state index contributed by atoms with van der Waals surface area (Å²) in [7, 11) is 0. The minimum Gasteiger partial charge on any atom is -0.294 e. The highest BCUT2D eigenvalue weighted by Crippen LogP contribution is 2.20. The minimum absolute atomic E-state index is 0.176. The summed E-state index contributed by atoms with van der Waals surface area (Å²) in [4.78, 5) is 12.6. The Labute approximate surface area is 125 Å². The van der Waals surface area contributed by atoms with Crippen LogP contribution < -0.4 is 0 Å². The number of fused-ring (bicyclic) bond motifs is 1. The number of Topliss-reactive ketones (excluding diaryl/α,β-unsaturated/α-hetero) is 1. The maximum atomic E-state index is 12.6. The van der Waals surface area contributed by atoms with E-state index in [0.29, 0.717) is 6.42 Å². The molecule has 0 N–H and O–H groups in total. The summed E-state index contributed by atoms with van der Waals surface area (Å²) >= 11 is 0. The predicted molar refractivity (Wildman–Crippen MR) is 87.9 cm³/mol. The largest absolute Gasteiger partial charge is 0.294 e. The zero-order chi connectivity index (χ0) is 14.8. The van der Waals surface area contributed by atoms with Crippen LogP contribution in [0.2, 0.25) is 0 Å². The van der Waals surface area contributed by atoms with E-state index in [1.807, 2.05) is 48.5 Å². The van der Waals surface area contributed by atoms with E-state index >= 15 is 0 Å². The zero-order valence-corrected chi connectivity index (χ0v) is 12.4. The maximum absolute atomic E-state index is 12.6. The van der Waals surface area contributed by atoms with Crippen molar-refractivity contribution >= 4 is 16.6 Å². The molecule has 0 heterocycles. The lowest BCUT2D eigenvalue weighted by atomic mass is 9.96. The van der Waals surface area contributed by atoms with Crippen LogP contribution in [0.5, 0.6) is 0 Å². The molecule has 0 aliphatic carbocycles. The van der Waals surface area contributed by atoms with Gasteiger partial charge in [0.1, 0.15) is 0 Å². The van der Waals surface area contributed by atoms with Crippen LogP contribution in [0.1, 0.15) is 27.0 Å². The van der Waals surface area contributed by atoms with Crippen molar-refractivity contribution in [3.05, 3.63) is 82.9 Å². The fourth-order valence-corrected chi connectivity index (χ4v) is 2.66. The number of rotatable bonds is 3. The van der Waals surface area contributed by atoms with Crippen LogP contribution in [-0.2, 0) is 6.42 Å². The quantitative estimate of drug-likeness (QED) is 0.622. The highest BCUT2D eigenvalue weighted by Gasteiger charge is 2.10. The van der Waals surface area contributed by atoms with Crippen molar-refractivity contribution in [2.75, 3.05) is 0 Å². The van der Waals surface area contributed by atoms with Crippen molar-refractivity contribution < 1.29 is 4.79 Å². The van der Waals surface area contributed by atoms with Crippen LogP contribution in [0.25, 0.3) is 10.8 Å². The van der Waals surface area contributed by atoms with Crippen molar-refractivity contribution in [1.29, 1.82) is 0 Å². The Hall–Kier alpha value is -2.41. The van der Waals surface area contributed by atoms with Crippen molar-refractivity contribution in [3.8, 4) is 0 Å². The first-order valence-electron chi connectivity index (χ1n) is 7.22. The average Bonchev–Trinajstić information content (AvgIpc) is 2.50. The lowest BCUT2D eigenvalue weighted by molar-refractivity contribution is 0.0994. The zero-order valence-electron chi connectivity index (χ0n) is 12.4. The number of benzene rings is 3. The molecular weight excluding hydrogens is 256 g/mol. The molecule has 0 bridgehead atoms. The molecule has 0 spiro atoms. The smallest absolute Gasteiger partial charge is 0.167 e. The molecule has 0 amide bonds. The van der Waals surface area contributed by atoms with Gasteiger partial charge in [0.25, 0.3) is 0 Å². The lowest BCUT2D eigenvalue weighted by Gasteiger charge is -2.07. The molecule has 0 fully saturated rings. The Morgan fingerprint density at radius 3 is 2.43 bits per heavy atom. The topological polar surface area (TPSA) is 17.1 Å². The van der Waals surface area contributed by atoms with Crippen LogP contribution in [0.4, 0.5) is 0 Å². The van der Waals surface area contributed by atoms with Gasteiger partial charge < -0.3 is 0 Å². The molecule has 3 aromatic carbocycles. The number of aryl methyl sites for hydroxylation is 2. The van der Waals surface area contributed by atoms with E-state index in [1.165, 1.54) is 11.1 Å². The second-order valence-electron chi connectivity index (χ2n) is 5.55. The number of carbonyl (C=O) groups excluding carboxylic acids is 1. The van der Waals surface area contributed by atoms with E-state index in [2.05, 4.69) is 26.0 Å². The molecule has 0 unspecified atom stereocenters. The van der Waals surface area contributed by atoms with E-state index in [4.69, 9.17) is 0 Å². The third-order valence-corrected chi connectivity index (χ3v) is 4.03. The number of hydrogen-bond acceptors (Lipinski definition) is 1. The lowest BCUT2D eigenvalue weighted by Crippen LogP contribution is -2.04. The van der Waals surface area contributed by atoms with E-state index in [9.17, 15) is 4.79 Å². The molecule has 0 aliphatic rings. The van der Waals surface area contributed by atoms with E-state index in [-0.39, 0.29) is 5.78 Å². The van der Waals surface area contributed by atoms with E-state index < -0.39 is 0 Å². The fourth-order valence-electron chi connectivity index (χ4n) is 2.66. The van der Waals surface area contributed by atoms with Gasteiger partial charge in [0.05, 0.1) is 0 Å². The second kappa shape index (κ2) is 5.53. The van der Waals surface area contributed by atoms with Crippen LogP contribution in [0, 0.1) is 13.8 Å². The minimum atomic E-state index is 0.176. The molecule has 3 aromatic rings. The standard InChI is InChI=1S/C20H18O/c1-14-10-11-16(12-15(14)2)13-20(21)19-9-5-7-17-6-3-4-8-18(17)19/h3-12H,13H2,1-2H3. The second-order valence-corrected chi connectivity index (χ2v) is 5.55. The molecule has 0 aliphatic heterocycles. The first-order valence-corrected chi connectivity index (χ1v) is 7.22. The summed E-state index contributed by atoms with van der Waals surface area (Å²) in [5.74, 6) is 0.176. The maximum Gasteiger partial charge on any atom is 0.167 e. The SMILES string of the molecule is Cc1ccc(CC(=O)c2cccc3ccccc23)cc1C. The Kier molecular flexibility index (Phi) is 3.57. The van der Waals surface area contributed by atoms with Gasteiger partial charge in [-0.05, 0) is 41.3 Å². The van der Waals surface area contributed by atoms with Gasteiger partial charge in [0, 0.05) is 12.0 Å². The van der Waals surface area contributed by atoms with Crippen LogP contribution >= 0.6 is 0 Å². The fraction of sp³-hybridized carbons (Fsp3) is 0.150. The van der Waals surface area contributed by atoms with Gasteiger partial charge in [-0.3, -0.25) is 4.79 Å². The van der Waals surface area contributed by atoms with Gasteiger partial charge >= 0.3 is 0 Å². The molecule has 0 atom stereocenters. The highest BCUT2D eigenvalue weighted by atomic mass is 16.1. The van der Waals surface area contributed by atoms with Crippen LogP contribution in [0.15, 0.2) is 60.7 Å². The molecule has 0 radical (unpaired) electrons. The van der Waals surface area contributed by atoms with Gasteiger partial charge in [-0.2, -0.15) is 0 Å². The summed E-state index contributed by atoms with van der Waals surface area (Å²) in [5.41, 5.74) is 4.39. The van der Waals surface area contributed by atoms with E-state index in [1.54, 1.807) is 0 Å². The van der Waals surface area contributed by atoms with Crippen molar-refractivity contribution in [1.82, 2.24) is 0 Å². The first kappa shape index (κ1) is 13.6. The molecule has 104 valence electrons. The van der Waals surface area contributed by atoms with E-state index in [0.717, 1.165) is 21.9 Å². The predicted octanol–water partition coefficient (Wildman–Crippen LogP) is 4.88. The van der Waals surface area contributed by atoms with Crippen LogP contribution in [0.3, 0.4) is 0 Å². The third kappa shape index (κ3) is 2.73. The molecule has 0 saturated heterocycles. The van der Waals surface area contributed by atoms with Crippen molar-refractivity contribution in [2.24, 2.45) is 0 Å². The molecule has 1 nitrogen and oxygen atoms in total. The van der Waals surface area contributed by atoms with Crippen LogP contribution in [-0.4, -0.2) is 5.78 Å². The molecule has 0 saturated carbocycles. The van der Waals surface area contributed by atoms with Crippen molar-refractivity contribution in [3.63, 3.8) is 0 Å². The number of hydrogen-bond donors (Lipinski definition) is 0. The van der Waals surface area contributed by atoms with Gasteiger partial charge in [0.2, 0.25) is 0 Å². The summed E-state index contributed by atoms with van der Waals surface area (Å²) in [6.45, 7) is 4.17. The monoisotopic (exact) mass is 274 g/mol. The third-order valence-electron chi connectivity index (χ3n) is 4.03. The molecular formula is C20H18O. The average molecular weight is 274 g/mol. The molecule has 1 heteroatoms. The summed E-state index contributed by atoms with van der Waals surface area (Å²) in [6.07, 6.45) is 0.453. The Balaban J connectivity index is 1.95. The van der Waals surface area contributed by atoms with Crippen molar-refractivity contribution in [2.45, 2.75) is 20.3 Å². The first-order chi connectivity index (χ1) is 10.1. The highest BCUT2D eigenvalue weighted by molar-refractivity contribution is 6.08. The molecule has 3 rings (SSSR count). The Morgan fingerprint density at radius 1 is 0.857 bits per heavy atom. The Bertz CT molecular complexity index is 810. The summed E-state index contributed by atoms with van der Waals surface area (Å²) in [6, 6.07) is 20.2. The molecule has 0 aromatic heterocycles. The van der Waals surface area contributed by atoms with Gasteiger partial charge in [0.15, 0.2) is 5.78 Å². The van der Waals surface area contributed by atoms with Gasteiger partial charge in [-0.15, -0.1) is 0 Å². The van der Waals surface area contributed by atoms with Gasteiger partial charge in [-0.25, -0.2) is 0 Å². The number of carbonyl (C=O) groups is 1.